The van der Waals surface area contributed by atoms with Gasteiger partial charge in [-0.15, -0.1) is 0 Å². The number of aromatic nitrogens is 1. The molecule has 0 radical (unpaired) electrons. The number of hydrogen-bond donors (Lipinski definition) is 0. The molecule has 0 bridgehead atoms. The Balaban J connectivity index is 2.02. The van der Waals surface area contributed by atoms with Crippen LogP contribution in [0.25, 0.3) is 10.2 Å². The molecule has 1 heterocycles. The third kappa shape index (κ3) is 4.60. The summed E-state index contributed by atoms with van der Waals surface area (Å²) in [5.41, 5.74) is 1.28. The minimum Gasteiger partial charge on any atom is -0.497 e. The summed E-state index contributed by atoms with van der Waals surface area (Å²) in [4.78, 5) is 21.6. The highest BCUT2D eigenvalue weighted by Gasteiger charge is 2.23. The molecule has 1 amide bonds. The van der Waals surface area contributed by atoms with Gasteiger partial charge in [-0.1, -0.05) is 38.9 Å². The number of ether oxygens (including phenoxy) is 1. The second kappa shape index (κ2) is 8.56. The van der Waals surface area contributed by atoms with Crippen molar-refractivity contribution in [2.75, 3.05) is 39.2 Å². The summed E-state index contributed by atoms with van der Waals surface area (Å²) in [6.45, 7) is 1.21. The Labute approximate surface area is 175 Å². The van der Waals surface area contributed by atoms with Crippen molar-refractivity contribution in [3.05, 3.63) is 51.5 Å². The number of anilines is 1. The topological polar surface area (TPSA) is 45.7 Å². The zero-order valence-electron chi connectivity index (χ0n) is 15.2. The number of benzene rings is 2. The van der Waals surface area contributed by atoms with E-state index in [-0.39, 0.29) is 5.91 Å². The normalized spacial score (nSPS) is 11.2. The van der Waals surface area contributed by atoms with Crippen LogP contribution < -0.4 is 9.64 Å². The summed E-state index contributed by atoms with van der Waals surface area (Å²) in [7, 11) is 5.57. The third-order valence-corrected chi connectivity index (χ3v) is 5.85. The van der Waals surface area contributed by atoms with Crippen LogP contribution in [0.4, 0.5) is 5.13 Å². The zero-order chi connectivity index (χ0) is 19.6. The summed E-state index contributed by atoms with van der Waals surface area (Å²) < 4.78 is 7.05. The molecule has 0 N–H and O–H groups in total. The van der Waals surface area contributed by atoms with Crippen LogP contribution in [0, 0.1) is 0 Å². The molecule has 0 aliphatic heterocycles. The van der Waals surface area contributed by atoms with Gasteiger partial charge in [-0.3, -0.25) is 9.69 Å². The van der Waals surface area contributed by atoms with E-state index in [1.807, 2.05) is 43.3 Å². The van der Waals surface area contributed by atoms with E-state index < -0.39 is 0 Å². The molecule has 3 rings (SSSR count). The van der Waals surface area contributed by atoms with Crippen molar-refractivity contribution in [2.24, 2.45) is 0 Å². The first kappa shape index (κ1) is 20.1. The van der Waals surface area contributed by atoms with Gasteiger partial charge in [-0.25, -0.2) is 4.98 Å². The lowest BCUT2D eigenvalue weighted by Crippen LogP contribution is -2.36. The quantitative estimate of drug-likeness (QED) is 0.515. The average Bonchev–Trinajstić information content (AvgIpc) is 3.06. The van der Waals surface area contributed by atoms with E-state index in [4.69, 9.17) is 16.3 Å². The highest BCUT2D eigenvalue weighted by Crippen LogP contribution is 2.33. The number of rotatable bonds is 6. The standard InChI is InChI=1S/C19H19BrClN3O2S/c1-23(2)8-9-24(18(25)14-10-12(20)4-6-15(14)21)19-22-16-7-5-13(26-3)11-17(16)27-19/h4-7,10-11H,8-9H2,1-3H3. The van der Waals surface area contributed by atoms with Crippen LogP contribution in [-0.4, -0.2) is 50.1 Å². The van der Waals surface area contributed by atoms with Crippen molar-refractivity contribution in [1.29, 1.82) is 0 Å². The van der Waals surface area contributed by atoms with Crippen molar-refractivity contribution < 1.29 is 9.53 Å². The predicted octanol–water partition coefficient (Wildman–Crippen LogP) is 4.93. The van der Waals surface area contributed by atoms with Gasteiger partial charge in [0.1, 0.15) is 5.75 Å². The minimum absolute atomic E-state index is 0.172. The number of methoxy groups -OCH3 is 1. The number of likely N-dealkylation sites (N-methyl/N-ethyl adjacent to an activating group) is 1. The van der Waals surface area contributed by atoms with Crippen LogP contribution in [0.2, 0.25) is 5.02 Å². The van der Waals surface area contributed by atoms with E-state index in [2.05, 4.69) is 20.9 Å². The fraction of sp³-hybridized carbons (Fsp3) is 0.263. The monoisotopic (exact) mass is 467 g/mol. The Morgan fingerprint density at radius 2 is 2.00 bits per heavy atom. The fourth-order valence-corrected chi connectivity index (χ4v) is 4.10. The highest BCUT2D eigenvalue weighted by atomic mass is 79.9. The SMILES string of the molecule is COc1ccc2nc(N(CCN(C)C)C(=O)c3cc(Br)ccc3Cl)sc2c1. The van der Waals surface area contributed by atoms with E-state index in [9.17, 15) is 4.79 Å². The fourth-order valence-electron chi connectivity index (χ4n) is 2.53. The predicted molar refractivity (Wildman–Crippen MR) is 116 cm³/mol. The number of carbonyl (C=O) groups excluding carboxylic acids is 1. The van der Waals surface area contributed by atoms with Crippen LogP contribution in [-0.2, 0) is 0 Å². The van der Waals surface area contributed by atoms with Crippen molar-refractivity contribution in [3.8, 4) is 5.75 Å². The number of fused-ring (bicyclic) bond motifs is 1. The lowest BCUT2D eigenvalue weighted by molar-refractivity contribution is 0.0985. The summed E-state index contributed by atoms with van der Waals surface area (Å²) in [5, 5.41) is 1.06. The van der Waals surface area contributed by atoms with Gasteiger partial charge in [0, 0.05) is 17.6 Å². The van der Waals surface area contributed by atoms with Crippen molar-refractivity contribution in [1.82, 2.24) is 9.88 Å². The van der Waals surface area contributed by atoms with Gasteiger partial charge < -0.3 is 9.64 Å². The molecule has 0 saturated carbocycles. The lowest BCUT2D eigenvalue weighted by atomic mass is 10.2. The minimum atomic E-state index is -0.172. The molecule has 0 atom stereocenters. The maximum absolute atomic E-state index is 13.3. The van der Waals surface area contributed by atoms with Crippen LogP contribution in [0.3, 0.4) is 0 Å². The number of thiazole rings is 1. The van der Waals surface area contributed by atoms with Crippen LogP contribution in [0.5, 0.6) is 5.75 Å². The maximum atomic E-state index is 13.3. The Bertz CT molecular complexity index is 977. The van der Waals surface area contributed by atoms with E-state index >= 15 is 0 Å². The van der Waals surface area contributed by atoms with Crippen LogP contribution >= 0.6 is 38.9 Å². The molecule has 0 unspecified atom stereocenters. The molecule has 2 aromatic carbocycles. The van der Waals surface area contributed by atoms with Gasteiger partial charge in [0.25, 0.3) is 5.91 Å². The molecule has 27 heavy (non-hydrogen) atoms. The molecule has 3 aromatic rings. The molecule has 0 fully saturated rings. The Kier molecular flexibility index (Phi) is 6.37. The van der Waals surface area contributed by atoms with Crippen molar-refractivity contribution >= 4 is 60.1 Å². The van der Waals surface area contributed by atoms with Gasteiger partial charge in [-0.2, -0.15) is 0 Å². The first-order valence-electron chi connectivity index (χ1n) is 8.25. The summed E-state index contributed by atoms with van der Waals surface area (Å²) in [6.07, 6.45) is 0. The molecule has 0 saturated heterocycles. The first-order valence-corrected chi connectivity index (χ1v) is 10.2. The molecule has 0 aliphatic carbocycles. The number of halogens is 2. The van der Waals surface area contributed by atoms with Gasteiger partial charge in [0.05, 0.1) is 27.9 Å². The van der Waals surface area contributed by atoms with E-state index in [1.165, 1.54) is 11.3 Å². The van der Waals surface area contributed by atoms with E-state index in [0.29, 0.717) is 28.8 Å². The average molecular weight is 469 g/mol. The van der Waals surface area contributed by atoms with Gasteiger partial charge in [-0.05, 0) is 50.5 Å². The first-order chi connectivity index (χ1) is 12.9. The lowest BCUT2D eigenvalue weighted by Gasteiger charge is -2.22. The summed E-state index contributed by atoms with van der Waals surface area (Å²) in [5.74, 6) is 0.591. The smallest absolute Gasteiger partial charge is 0.261 e. The van der Waals surface area contributed by atoms with E-state index in [1.54, 1.807) is 24.1 Å². The highest BCUT2D eigenvalue weighted by molar-refractivity contribution is 9.10. The largest absolute Gasteiger partial charge is 0.497 e. The zero-order valence-corrected chi connectivity index (χ0v) is 18.4. The Hall–Kier alpha value is -1.67. The molecule has 1 aromatic heterocycles. The van der Waals surface area contributed by atoms with Gasteiger partial charge in [0.2, 0.25) is 0 Å². The number of hydrogen-bond acceptors (Lipinski definition) is 5. The van der Waals surface area contributed by atoms with Gasteiger partial charge >= 0.3 is 0 Å². The number of carbonyl (C=O) groups is 1. The van der Waals surface area contributed by atoms with Crippen LogP contribution in [0.15, 0.2) is 40.9 Å². The molecule has 142 valence electrons. The molecule has 8 heteroatoms. The molecular weight excluding hydrogens is 450 g/mol. The second-order valence-electron chi connectivity index (χ2n) is 6.21. The Morgan fingerprint density at radius 1 is 1.22 bits per heavy atom. The number of nitrogens with zero attached hydrogens (tertiary/aromatic N) is 3. The van der Waals surface area contributed by atoms with Crippen molar-refractivity contribution in [3.63, 3.8) is 0 Å². The molecule has 0 aliphatic rings. The summed E-state index contributed by atoms with van der Waals surface area (Å²) >= 11 is 11.2. The van der Waals surface area contributed by atoms with Crippen LogP contribution in [0.1, 0.15) is 10.4 Å². The third-order valence-electron chi connectivity index (χ3n) is 3.99. The second-order valence-corrected chi connectivity index (χ2v) is 8.55. The maximum Gasteiger partial charge on any atom is 0.261 e. The van der Waals surface area contributed by atoms with Gasteiger partial charge in [0.15, 0.2) is 5.13 Å². The Morgan fingerprint density at radius 3 is 2.70 bits per heavy atom. The summed E-state index contributed by atoms with van der Waals surface area (Å²) in [6, 6.07) is 11.0. The molecule has 5 nitrogen and oxygen atoms in total. The molecule has 0 spiro atoms. The molecular formula is C19H19BrClN3O2S. The van der Waals surface area contributed by atoms with Crippen molar-refractivity contribution in [2.45, 2.75) is 0 Å². The number of amides is 1. The van der Waals surface area contributed by atoms with E-state index in [0.717, 1.165) is 20.4 Å².